The number of anilines is 1. The minimum absolute atomic E-state index is 0.0258. The lowest BCUT2D eigenvalue weighted by Crippen LogP contribution is -2.38. The number of hydrogen-bond donors (Lipinski definition) is 1. The van der Waals surface area contributed by atoms with Crippen LogP contribution >= 0.6 is 11.3 Å². The second kappa shape index (κ2) is 9.11. The Bertz CT molecular complexity index is 824. The highest BCUT2D eigenvalue weighted by Crippen LogP contribution is 2.24. The molecule has 0 bridgehead atoms. The van der Waals surface area contributed by atoms with E-state index in [-0.39, 0.29) is 30.2 Å². The molecule has 8 nitrogen and oxygen atoms in total. The van der Waals surface area contributed by atoms with E-state index in [1.165, 1.54) is 11.3 Å². The molecule has 9 heteroatoms. The van der Waals surface area contributed by atoms with Crippen molar-refractivity contribution in [2.24, 2.45) is 5.92 Å². The van der Waals surface area contributed by atoms with E-state index in [9.17, 15) is 9.59 Å². The van der Waals surface area contributed by atoms with Gasteiger partial charge in [0.2, 0.25) is 16.9 Å². The Labute approximate surface area is 167 Å². The molecule has 1 N–H and O–H groups in total. The highest BCUT2D eigenvalue weighted by molar-refractivity contribution is 7.15. The number of benzene rings is 1. The lowest BCUT2D eigenvalue weighted by molar-refractivity contribution is -0.130. The van der Waals surface area contributed by atoms with Gasteiger partial charge in [-0.3, -0.25) is 9.59 Å². The number of hydrogen-bond acceptors (Lipinski definition) is 7. The normalized spacial score (nSPS) is 17.6. The molecule has 1 aromatic heterocycles. The molecule has 28 heavy (non-hydrogen) atoms. The van der Waals surface area contributed by atoms with Gasteiger partial charge >= 0.3 is 0 Å². The van der Waals surface area contributed by atoms with Crippen LogP contribution < -0.4 is 10.1 Å². The number of nitrogens with zero attached hydrogens (tertiary/aromatic N) is 3. The van der Waals surface area contributed by atoms with Crippen molar-refractivity contribution < 1.29 is 19.1 Å². The van der Waals surface area contributed by atoms with Crippen LogP contribution in [0.5, 0.6) is 5.75 Å². The molecule has 1 aliphatic heterocycles. The SMILES string of the molecule is COC[C@@H](C)N1C[C@@H](C(=O)Nc2nnc(Cc3ccc(OC)cc3)s2)CC1=O. The van der Waals surface area contributed by atoms with Crippen molar-refractivity contribution in [2.45, 2.75) is 25.8 Å². The van der Waals surface area contributed by atoms with Crippen molar-refractivity contribution in [3.05, 3.63) is 34.8 Å². The summed E-state index contributed by atoms with van der Waals surface area (Å²) in [6.07, 6.45) is 0.832. The molecule has 1 fully saturated rings. The van der Waals surface area contributed by atoms with Gasteiger partial charge < -0.3 is 19.7 Å². The van der Waals surface area contributed by atoms with Crippen LogP contribution in [0.3, 0.4) is 0 Å². The van der Waals surface area contributed by atoms with Gasteiger partial charge in [-0.1, -0.05) is 23.5 Å². The van der Waals surface area contributed by atoms with Crippen molar-refractivity contribution >= 4 is 28.3 Å². The molecule has 2 heterocycles. The monoisotopic (exact) mass is 404 g/mol. The Kier molecular flexibility index (Phi) is 6.58. The fourth-order valence-electron chi connectivity index (χ4n) is 3.17. The molecule has 0 spiro atoms. The molecule has 150 valence electrons. The number of carbonyl (C=O) groups is 2. The molecule has 0 saturated carbocycles. The second-order valence-electron chi connectivity index (χ2n) is 6.77. The maximum absolute atomic E-state index is 12.5. The predicted octanol–water partition coefficient (Wildman–Crippen LogP) is 1.96. The number of aromatic nitrogens is 2. The van der Waals surface area contributed by atoms with E-state index in [1.54, 1.807) is 19.1 Å². The number of carbonyl (C=O) groups excluding carboxylic acids is 2. The minimum Gasteiger partial charge on any atom is -0.497 e. The smallest absolute Gasteiger partial charge is 0.231 e. The first-order valence-corrected chi connectivity index (χ1v) is 9.86. The molecule has 1 saturated heterocycles. The third-order valence-electron chi connectivity index (χ3n) is 4.68. The third-order valence-corrected chi connectivity index (χ3v) is 5.52. The summed E-state index contributed by atoms with van der Waals surface area (Å²) in [5, 5.41) is 12.2. The number of rotatable bonds is 8. The lowest BCUT2D eigenvalue weighted by atomic mass is 10.1. The average molecular weight is 404 g/mol. The van der Waals surface area contributed by atoms with Crippen LogP contribution in [0.2, 0.25) is 0 Å². The van der Waals surface area contributed by atoms with E-state index in [0.29, 0.717) is 24.7 Å². The molecule has 2 amide bonds. The second-order valence-corrected chi connectivity index (χ2v) is 7.83. The van der Waals surface area contributed by atoms with Crippen LogP contribution in [0, 0.1) is 5.92 Å². The summed E-state index contributed by atoms with van der Waals surface area (Å²) in [6.45, 7) is 2.76. The standard InChI is InChI=1S/C19H24N4O4S/c1-12(11-26-2)23-10-14(9-17(23)24)18(25)20-19-22-21-16(28-19)8-13-4-6-15(27-3)7-5-13/h4-7,12,14H,8-11H2,1-3H3,(H,20,22,25)/t12-,14+/m1/s1. The summed E-state index contributed by atoms with van der Waals surface area (Å²) in [4.78, 5) is 26.4. The van der Waals surface area contributed by atoms with Gasteiger partial charge in [-0.05, 0) is 24.6 Å². The van der Waals surface area contributed by atoms with Gasteiger partial charge in [0.05, 0.1) is 25.7 Å². The summed E-state index contributed by atoms with van der Waals surface area (Å²) in [5.41, 5.74) is 1.08. The zero-order valence-electron chi connectivity index (χ0n) is 16.2. The Morgan fingerprint density at radius 1 is 1.32 bits per heavy atom. The van der Waals surface area contributed by atoms with E-state index < -0.39 is 0 Å². The maximum atomic E-state index is 12.5. The highest BCUT2D eigenvalue weighted by atomic mass is 32.1. The molecular weight excluding hydrogens is 380 g/mol. The van der Waals surface area contributed by atoms with Gasteiger partial charge in [-0.25, -0.2) is 0 Å². The van der Waals surface area contributed by atoms with Crippen molar-refractivity contribution in [3.63, 3.8) is 0 Å². The molecule has 0 unspecified atom stereocenters. The number of nitrogens with one attached hydrogen (secondary N) is 1. The van der Waals surface area contributed by atoms with Crippen molar-refractivity contribution in [1.82, 2.24) is 15.1 Å². The van der Waals surface area contributed by atoms with Crippen LogP contribution in [0.25, 0.3) is 0 Å². The Morgan fingerprint density at radius 3 is 2.75 bits per heavy atom. The summed E-state index contributed by atoms with van der Waals surface area (Å²) < 4.78 is 10.3. The third kappa shape index (κ3) is 4.85. The first kappa shape index (κ1) is 20.2. The zero-order valence-corrected chi connectivity index (χ0v) is 17.0. The number of amides is 2. The molecule has 2 aromatic rings. The summed E-state index contributed by atoms with van der Waals surface area (Å²) in [6, 6.07) is 7.68. The summed E-state index contributed by atoms with van der Waals surface area (Å²) in [7, 11) is 3.23. The quantitative estimate of drug-likeness (QED) is 0.723. The fraction of sp³-hybridized carbons (Fsp3) is 0.474. The topological polar surface area (TPSA) is 93.7 Å². The first-order chi connectivity index (χ1) is 13.5. The zero-order chi connectivity index (χ0) is 20.1. The average Bonchev–Trinajstić information content (AvgIpc) is 3.29. The fourth-order valence-corrected chi connectivity index (χ4v) is 3.94. The number of ether oxygens (including phenoxy) is 2. The van der Waals surface area contributed by atoms with E-state index in [1.807, 2.05) is 31.2 Å². The van der Waals surface area contributed by atoms with E-state index >= 15 is 0 Å². The molecule has 0 radical (unpaired) electrons. The maximum Gasteiger partial charge on any atom is 0.231 e. The predicted molar refractivity (Wildman–Crippen MR) is 105 cm³/mol. The van der Waals surface area contributed by atoms with Crippen LogP contribution in [-0.2, 0) is 20.7 Å². The van der Waals surface area contributed by atoms with E-state index in [0.717, 1.165) is 16.3 Å². The highest BCUT2D eigenvalue weighted by Gasteiger charge is 2.36. The van der Waals surface area contributed by atoms with E-state index in [2.05, 4.69) is 15.5 Å². The van der Waals surface area contributed by atoms with Crippen molar-refractivity contribution in [2.75, 3.05) is 32.7 Å². The Hall–Kier alpha value is -2.52. The largest absolute Gasteiger partial charge is 0.497 e. The van der Waals surface area contributed by atoms with Gasteiger partial charge in [-0.15, -0.1) is 10.2 Å². The molecule has 3 rings (SSSR count). The van der Waals surface area contributed by atoms with Crippen molar-refractivity contribution in [3.8, 4) is 5.75 Å². The summed E-state index contributed by atoms with van der Waals surface area (Å²) in [5.74, 6) is 0.185. The molecule has 2 atom stereocenters. The minimum atomic E-state index is -0.388. The Morgan fingerprint density at radius 2 is 2.07 bits per heavy atom. The first-order valence-electron chi connectivity index (χ1n) is 9.04. The number of likely N-dealkylation sites (tertiary alicyclic amines) is 1. The van der Waals surface area contributed by atoms with Gasteiger partial charge in [-0.2, -0.15) is 0 Å². The van der Waals surface area contributed by atoms with Crippen LogP contribution in [0.1, 0.15) is 23.9 Å². The van der Waals surface area contributed by atoms with Crippen LogP contribution in [0.15, 0.2) is 24.3 Å². The van der Waals surface area contributed by atoms with Crippen LogP contribution in [-0.4, -0.2) is 60.3 Å². The van der Waals surface area contributed by atoms with Gasteiger partial charge in [0.15, 0.2) is 0 Å². The molecule has 1 aliphatic rings. The van der Waals surface area contributed by atoms with Gasteiger partial charge in [0, 0.05) is 26.5 Å². The molecular formula is C19H24N4O4S. The lowest BCUT2D eigenvalue weighted by Gasteiger charge is -2.23. The molecule has 1 aromatic carbocycles. The van der Waals surface area contributed by atoms with Gasteiger partial charge in [0.1, 0.15) is 10.8 Å². The molecule has 0 aliphatic carbocycles. The Balaban J connectivity index is 1.55. The van der Waals surface area contributed by atoms with E-state index in [4.69, 9.17) is 9.47 Å². The number of methoxy groups -OCH3 is 2. The van der Waals surface area contributed by atoms with Gasteiger partial charge in [0.25, 0.3) is 0 Å². The summed E-state index contributed by atoms with van der Waals surface area (Å²) >= 11 is 1.34. The van der Waals surface area contributed by atoms with Crippen LogP contribution in [0.4, 0.5) is 5.13 Å². The van der Waals surface area contributed by atoms with Crippen molar-refractivity contribution in [1.29, 1.82) is 0 Å².